The van der Waals surface area contributed by atoms with Gasteiger partial charge < -0.3 is 15.5 Å². The fourth-order valence-corrected chi connectivity index (χ4v) is 1.83. The van der Waals surface area contributed by atoms with Crippen LogP contribution in [-0.2, 0) is 6.61 Å². The summed E-state index contributed by atoms with van der Waals surface area (Å²) in [4.78, 5) is 12.0. The van der Waals surface area contributed by atoms with Gasteiger partial charge in [-0.3, -0.25) is 4.79 Å². The molecule has 0 aliphatic carbocycles. The fraction of sp³-hybridized carbons (Fsp3) is 0.0714. The maximum atomic E-state index is 12.0. The number of nitrogens with one attached hydrogen (secondary N) is 1. The minimum atomic E-state index is -0.463. The molecule has 0 unspecified atom stereocenters. The Balaban J connectivity index is 2.26. The monoisotopic (exact) mass is 277 g/mol. The van der Waals surface area contributed by atoms with Crippen molar-refractivity contribution in [3.63, 3.8) is 0 Å². The topological polar surface area (TPSA) is 69.6 Å². The van der Waals surface area contributed by atoms with E-state index in [1.54, 1.807) is 24.3 Å². The van der Waals surface area contributed by atoms with Gasteiger partial charge in [0, 0.05) is 16.3 Å². The maximum Gasteiger partial charge on any atom is 0.259 e. The van der Waals surface area contributed by atoms with Gasteiger partial charge in [0.2, 0.25) is 0 Å². The number of hydrogen-bond acceptors (Lipinski definition) is 3. The molecule has 0 aliphatic rings. The number of rotatable bonds is 3. The number of amides is 1. The van der Waals surface area contributed by atoms with E-state index in [0.29, 0.717) is 16.3 Å². The molecular weight excluding hydrogens is 266 g/mol. The molecule has 0 aliphatic heterocycles. The van der Waals surface area contributed by atoms with Crippen LogP contribution in [0.2, 0.25) is 5.02 Å². The first-order valence-electron chi connectivity index (χ1n) is 5.60. The summed E-state index contributed by atoms with van der Waals surface area (Å²) in [5.41, 5.74) is 1.23. The summed E-state index contributed by atoms with van der Waals surface area (Å²) in [5, 5.41) is 21.8. The Labute approximate surface area is 115 Å². The first-order valence-corrected chi connectivity index (χ1v) is 5.98. The summed E-state index contributed by atoms with van der Waals surface area (Å²) < 4.78 is 0. The first-order chi connectivity index (χ1) is 9.11. The lowest BCUT2D eigenvalue weighted by Crippen LogP contribution is -2.13. The van der Waals surface area contributed by atoms with E-state index in [0.717, 1.165) is 0 Å². The van der Waals surface area contributed by atoms with Crippen molar-refractivity contribution >= 4 is 23.2 Å². The molecule has 2 aromatic carbocycles. The lowest BCUT2D eigenvalue weighted by molar-refractivity contribution is 0.102. The summed E-state index contributed by atoms with van der Waals surface area (Å²) in [5.74, 6) is -0.651. The molecule has 2 aromatic rings. The molecule has 0 saturated carbocycles. The van der Waals surface area contributed by atoms with Gasteiger partial charge in [-0.05, 0) is 24.3 Å². The molecule has 5 heteroatoms. The predicted molar refractivity (Wildman–Crippen MR) is 73.4 cm³/mol. The third-order valence-corrected chi connectivity index (χ3v) is 2.88. The van der Waals surface area contributed by atoms with Gasteiger partial charge in [-0.2, -0.15) is 0 Å². The van der Waals surface area contributed by atoms with Crippen molar-refractivity contribution in [2.45, 2.75) is 6.61 Å². The molecule has 1 amide bonds. The number of aliphatic hydroxyl groups excluding tert-OH is 1. The maximum absolute atomic E-state index is 12.0. The second kappa shape index (κ2) is 5.73. The second-order valence-corrected chi connectivity index (χ2v) is 4.37. The average Bonchev–Trinajstić information content (AvgIpc) is 2.39. The van der Waals surface area contributed by atoms with Crippen molar-refractivity contribution in [2.75, 3.05) is 5.32 Å². The quantitative estimate of drug-likeness (QED) is 0.808. The lowest BCUT2D eigenvalue weighted by atomic mass is 10.1. The largest absolute Gasteiger partial charge is 0.507 e. The van der Waals surface area contributed by atoms with Crippen molar-refractivity contribution in [3.05, 3.63) is 58.6 Å². The van der Waals surface area contributed by atoms with E-state index in [2.05, 4.69) is 5.32 Å². The number of aromatic hydroxyl groups is 1. The first kappa shape index (κ1) is 13.4. The van der Waals surface area contributed by atoms with Crippen LogP contribution in [0.1, 0.15) is 15.9 Å². The van der Waals surface area contributed by atoms with Gasteiger partial charge in [0.15, 0.2) is 0 Å². The van der Waals surface area contributed by atoms with Gasteiger partial charge >= 0.3 is 0 Å². The minimum absolute atomic E-state index is 0.122. The molecule has 0 saturated heterocycles. The minimum Gasteiger partial charge on any atom is -0.507 e. The molecule has 0 atom stereocenters. The summed E-state index contributed by atoms with van der Waals surface area (Å²) in [7, 11) is 0. The van der Waals surface area contributed by atoms with Gasteiger partial charge in [-0.25, -0.2) is 0 Å². The summed E-state index contributed by atoms with van der Waals surface area (Å²) >= 11 is 5.70. The Hall–Kier alpha value is -2.04. The molecule has 0 spiro atoms. The smallest absolute Gasteiger partial charge is 0.259 e. The second-order valence-electron chi connectivity index (χ2n) is 3.93. The van der Waals surface area contributed by atoms with Crippen LogP contribution in [0.3, 0.4) is 0 Å². The molecule has 0 bridgehead atoms. The zero-order valence-electron chi connectivity index (χ0n) is 9.93. The molecule has 0 radical (unpaired) electrons. The van der Waals surface area contributed by atoms with E-state index in [1.807, 2.05) is 0 Å². The van der Waals surface area contributed by atoms with Crippen molar-refractivity contribution in [3.8, 4) is 5.75 Å². The number of carbonyl (C=O) groups is 1. The van der Waals surface area contributed by atoms with E-state index in [-0.39, 0.29) is 17.9 Å². The van der Waals surface area contributed by atoms with Crippen LogP contribution in [0, 0.1) is 0 Å². The Morgan fingerprint density at radius 1 is 1.21 bits per heavy atom. The molecule has 19 heavy (non-hydrogen) atoms. The Bertz CT molecular complexity index is 613. The van der Waals surface area contributed by atoms with E-state index in [4.69, 9.17) is 11.6 Å². The van der Waals surface area contributed by atoms with Gasteiger partial charge in [-0.1, -0.05) is 29.8 Å². The fourth-order valence-electron chi connectivity index (χ4n) is 1.67. The summed E-state index contributed by atoms with van der Waals surface area (Å²) in [6, 6.07) is 11.2. The summed E-state index contributed by atoms with van der Waals surface area (Å²) in [6.45, 7) is -0.178. The molecule has 0 fully saturated rings. The van der Waals surface area contributed by atoms with Crippen molar-refractivity contribution in [2.24, 2.45) is 0 Å². The highest BCUT2D eigenvalue weighted by Gasteiger charge is 2.12. The van der Waals surface area contributed by atoms with Gasteiger partial charge in [0.25, 0.3) is 5.91 Å². The van der Waals surface area contributed by atoms with Crippen LogP contribution in [0.4, 0.5) is 5.69 Å². The molecular formula is C14H12ClNO3. The summed E-state index contributed by atoms with van der Waals surface area (Å²) in [6.07, 6.45) is 0. The lowest BCUT2D eigenvalue weighted by Gasteiger charge is -2.10. The Kier molecular flexibility index (Phi) is 4.04. The molecule has 0 aromatic heterocycles. The van der Waals surface area contributed by atoms with Crippen LogP contribution >= 0.6 is 11.6 Å². The van der Waals surface area contributed by atoms with E-state index >= 15 is 0 Å². The average molecular weight is 278 g/mol. The zero-order valence-corrected chi connectivity index (χ0v) is 10.7. The van der Waals surface area contributed by atoms with Crippen LogP contribution < -0.4 is 5.32 Å². The van der Waals surface area contributed by atoms with Gasteiger partial charge in [0.1, 0.15) is 5.75 Å². The van der Waals surface area contributed by atoms with Crippen molar-refractivity contribution in [1.82, 2.24) is 0 Å². The number of anilines is 1. The third kappa shape index (κ3) is 3.05. The molecule has 3 N–H and O–H groups in total. The molecule has 0 heterocycles. The van der Waals surface area contributed by atoms with Crippen molar-refractivity contribution < 1.29 is 15.0 Å². The third-order valence-electron chi connectivity index (χ3n) is 2.64. The van der Waals surface area contributed by atoms with Crippen LogP contribution in [0.5, 0.6) is 5.75 Å². The van der Waals surface area contributed by atoms with Crippen LogP contribution in [0.25, 0.3) is 0 Å². The number of carbonyl (C=O) groups excluding carboxylic acids is 1. The SMILES string of the molecule is O=C(Nc1ccccc1CO)c1ccc(Cl)cc1O. The number of benzene rings is 2. The zero-order chi connectivity index (χ0) is 13.8. The number of hydrogen-bond donors (Lipinski definition) is 3. The van der Waals surface area contributed by atoms with E-state index < -0.39 is 5.91 Å². The normalized spacial score (nSPS) is 10.2. The molecule has 2 rings (SSSR count). The number of halogens is 1. The van der Waals surface area contributed by atoms with Gasteiger partial charge in [0.05, 0.1) is 12.2 Å². The Morgan fingerprint density at radius 3 is 2.63 bits per heavy atom. The molecule has 98 valence electrons. The Morgan fingerprint density at radius 2 is 1.95 bits per heavy atom. The predicted octanol–water partition coefficient (Wildman–Crippen LogP) is 2.79. The number of para-hydroxylation sites is 1. The van der Waals surface area contributed by atoms with E-state index in [9.17, 15) is 15.0 Å². The molecule has 4 nitrogen and oxygen atoms in total. The highest BCUT2D eigenvalue weighted by Crippen LogP contribution is 2.23. The highest BCUT2D eigenvalue weighted by atomic mass is 35.5. The van der Waals surface area contributed by atoms with E-state index in [1.165, 1.54) is 18.2 Å². The van der Waals surface area contributed by atoms with Crippen molar-refractivity contribution in [1.29, 1.82) is 0 Å². The van der Waals surface area contributed by atoms with Crippen LogP contribution in [-0.4, -0.2) is 16.1 Å². The standard InChI is InChI=1S/C14H12ClNO3/c15-10-5-6-11(13(18)7-10)14(19)16-12-4-2-1-3-9(12)8-17/h1-7,17-18H,8H2,(H,16,19). The number of aliphatic hydroxyl groups is 1. The van der Waals surface area contributed by atoms with Crippen LogP contribution in [0.15, 0.2) is 42.5 Å². The highest BCUT2D eigenvalue weighted by molar-refractivity contribution is 6.31. The number of phenolic OH excluding ortho intramolecular Hbond substituents is 1. The number of phenols is 1. The van der Waals surface area contributed by atoms with Gasteiger partial charge in [-0.15, -0.1) is 0 Å².